The Labute approximate surface area is 111 Å². The Hall–Kier alpha value is -2.23. The van der Waals surface area contributed by atoms with Gasteiger partial charge in [-0.2, -0.15) is 0 Å². The predicted molar refractivity (Wildman–Crippen MR) is 73.4 cm³/mol. The summed E-state index contributed by atoms with van der Waals surface area (Å²) in [6.45, 7) is 3.85. The van der Waals surface area contributed by atoms with Crippen LogP contribution in [-0.4, -0.2) is 7.11 Å². The highest BCUT2D eigenvalue weighted by atomic mass is 19.1. The number of benzene rings is 2. The minimum absolute atomic E-state index is 0.0970. The van der Waals surface area contributed by atoms with Gasteiger partial charge in [-0.3, -0.25) is 0 Å². The van der Waals surface area contributed by atoms with Crippen molar-refractivity contribution >= 4 is 5.69 Å². The summed E-state index contributed by atoms with van der Waals surface area (Å²) in [5.41, 5.74) is 7.85. The van der Waals surface area contributed by atoms with Crippen molar-refractivity contribution in [3.05, 3.63) is 47.3 Å². The third kappa shape index (κ3) is 2.78. The first-order chi connectivity index (χ1) is 9.01. The molecule has 0 fully saturated rings. The van der Waals surface area contributed by atoms with Crippen LogP contribution in [0.3, 0.4) is 0 Å². The molecule has 0 unspecified atom stereocenters. The van der Waals surface area contributed by atoms with E-state index in [1.54, 1.807) is 0 Å². The molecule has 2 N–H and O–H groups in total. The SMILES string of the molecule is COc1cc(Oc2cc(C)ccc2C)c(F)cc1N. The molecule has 0 bridgehead atoms. The maximum absolute atomic E-state index is 13.8. The van der Waals surface area contributed by atoms with E-state index >= 15 is 0 Å². The summed E-state index contributed by atoms with van der Waals surface area (Å²) in [7, 11) is 1.48. The summed E-state index contributed by atoms with van der Waals surface area (Å²) in [5.74, 6) is 0.589. The largest absolute Gasteiger partial charge is 0.494 e. The molecule has 0 saturated heterocycles. The van der Waals surface area contributed by atoms with Gasteiger partial charge < -0.3 is 15.2 Å². The van der Waals surface area contributed by atoms with E-state index in [9.17, 15) is 4.39 Å². The van der Waals surface area contributed by atoms with Crippen LogP contribution in [0.2, 0.25) is 0 Å². The van der Waals surface area contributed by atoms with Gasteiger partial charge in [0.05, 0.1) is 12.8 Å². The van der Waals surface area contributed by atoms with Gasteiger partial charge in [-0.15, -0.1) is 0 Å². The molecule has 2 aromatic carbocycles. The van der Waals surface area contributed by atoms with Crippen molar-refractivity contribution in [3.63, 3.8) is 0 Å². The fourth-order valence-electron chi connectivity index (χ4n) is 1.74. The second-order valence-corrected chi connectivity index (χ2v) is 4.40. The van der Waals surface area contributed by atoms with Crippen molar-refractivity contribution in [1.29, 1.82) is 0 Å². The number of halogens is 1. The van der Waals surface area contributed by atoms with Crippen LogP contribution in [0.4, 0.5) is 10.1 Å². The van der Waals surface area contributed by atoms with Gasteiger partial charge in [-0.05, 0) is 31.0 Å². The zero-order valence-electron chi connectivity index (χ0n) is 11.2. The van der Waals surface area contributed by atoms with Crippen LogP contribution < -0.4 is 15.2 Å². The summed E-state index contributed by atoms with van der Waals surface area (Å²) in [5, 5.41) is 0. The monoisotopic (exact) mass is 261 g/mol. The molecular formula is C15H16FNO2. The molecule has 3 nitrogen and oxygen atoms in total. The van der Waals surface area contributed by atoms with Gasteiger partial charge in [-0.25, -0.2) is 4.39 Å². The fourth-order valence-corrected chi connectivity index (χ4v) is 1.74. The van der Waals surface area contributed by atoms with Crippen molar-refractivity contribution < 1.29 is 13.9 Å². The fraction of sp³-hybridized carbons (Fsp3) is 0.200. The lowest BCUT2D eigenvalue weighted by atomic mass is 10.1. The summed E-state index contributed by atoms with van der Waals surface area (Å²) in [6, 6.07) is 8.41. The van der Waals surface area contributed by atoms with Gasteiger partial charge in [-0.1, -0.05) is 12.1 Å². The highest BCUT2D eigenvalue weighted by Crippen LogP contribution is 2.34. The van der Waals surface area contributed by atoms with Crippen molar-refractivity contribution in [2.45, 2.75) is 13.8 Å². The number of methoxy groups -OCH3 is 1. The van der Waals surface area contributed by atoms with Gasteiger partial charge in [0.2, 0.25) is 0 Å². The second-order valence-electron chi connectivity index (χ2n) is 4.40. The van der Waals surface area contributed by atoms with Crippen LogP contribution in [0, 0.1) is 19.7 Å². The lowest BCUT2D eigenvalue weighted by molar-refractivity contribution is 0.402. The van der Waals surface area contributed by atoms with Gasteiger partial charge in [0, 0.05) is 12.1 Å². The number of anilines is 1. The van der Waals surface area contributed by atoms with Crippen LogP contribution >= 0.6 is 0 Å². The summed E-state index contributed by atoms with van der Waals surface area (Å²) in [4.78, 5) is 0. The Kier molecular flexibility index (Phi) is 3.60. The van der Waals surface area contributed by atoms with Crippen LogP contribution in [0.1, 0.15) is 11.1 Å². The highest BCUT2D eigenvalue weighted by Gasteiger charge is 2.11. The lowest BCUT2D eigenvalue weighted by Crippen LogP contribution is -1.97. The van der Waals surface area contributed by atoms with Crippen molar-refractivity contribution in [2.75, 3.05) is 12.8 Å². The predicted octanol–water partition coefficient (Wildman–Crippen LogP) is 3.83. The quantitative estimate of drug-likeness (QED) is 0.854. The Bertz CT molecular complexity index is 611. The van der Waals surface area contributed by atoms with Crippen LogP contribution in [0.5, 0.6) is 17.2 Å². The summed E-state index contributed by atoms with van der Waals surface area (Å²) >= 11 is 0. The molecule has 0 spiro atoms. The molecule has 0 radical (unpaired) electrons. The Morgan fingerprint density at radius 3 is 2.42 bits per heavy atom. The molecular weight excluding hydrogens is 245 g/mol. The third-order valence-corrected chi connectivity index (χ3v) is 2.85. The first kappa shape index (κ1) is 13.2. The minimum Gasteiger partial charge on any atom is -0.494 e. The molecule has 0 aromatic heterocycles. The molecule has 0 atom stereocenters. The van der Waals surface area contributed by atoms with Gasteiger partial charge in [0.1, 0.15) is 11.5 Å². The zero-order chi connectivity index (χ0) is 14.0. The Morgan fingerprint density at radius 1 is 1.00 bits per heavy atom. The summed E-state index contributed by atoms with van der Waals surface area (Å²) < 4.78 is 24.5. The number of hydrogen-bond acceptors (Lipinski definition) is 3. The van der Waals surface area contributed by atoms with E-state index in [0.29, 0.717) is 11.5 Å². The van der Waals surface area contributed by atoms with E-state index in [1.807, 2.05) is 32.0 Å². The van der Waals surface area contributed by atoms with Crippen molar-refractivity contribution in [2.24, 2.45) is 0 Å². The van der Waals surface area contributed by atoms with Gasteiger partial charge in [0.25, 0.3) is 0 Å². The van der Waals surface area contributed by atoms with E-state index in [0.717, 1.165) is 11.1 Å². The van der Waals surface area contributed by atoms with E-state index < -0.39 is 5.82 Å². The second kappa shape index (κ2) is 5.18. The lowest BCUT2D eigenvalue weighted by Gasteiger charge is -2.12. The number of hydrogen-bond donors (Lipinski definition) is 1. The zero-order valence-corrected chi connectivity index (χ0v) is 11.2. The van der Waals surface area contributed by atoms with Crippen LogP contribution in [0.15, 0.2) is 30.3 Å². The van der Waals surface area contributed by atoms with E-state index in [4.69, 9.17) is 15.2 Å². The van der Waals surface area contributed by atoms with E-state index in [2.05, 4.69) is 0 Å². The smallest absolute Gasteiger partial charge is 0.168 e. The first-order valence-corrected chi connectivity index (χ1v) is 5.89. The molecule has 0 aliphatic heterocycles. The number of nitrogen functional groups attached to an aromatic ring is 1. The topological polar surface area (TPSA) is 44.5 Å². The normalized spacial score (nSPS) is 10.3. The highest BCUT2D eigenvalue weighted by molar-refractivity contribution is 5.57. The van der Waals surface area contributed by atoms with Crippen LogP contribution in [0.25, 0.3) is 0 Å². The number of aryl methyl sites for hydroxylation is 2. The maximum Gasteiger partial charge on any atom is 0.168 e. The molecule has 0 aliphatic rings. The van der Waals surface area contributed by atoms with Crippen LogP contribution in [-0.2, 0) is 0 Å². The first-order valence-electron chi connectivity index (χ1n) is 5.89. The molecule has 2 aromatic rings. The molecule has 0 amide bonds. The van der Waals surface area contributed by atoms with Crippen molar-refractivity contribution in [1.82, 2.24) is 0 Å². The average Bonchev–Trinajstić information content (AvgIpc) is 2.37. The van der Waals surface area contributed by atoms with E-state index in [-0.39, 0.29) is 11.4 Å². The molecule has 19 heavy (non-hydrogen) atoms. The molecule has 2 rings (SSSR count). The van der Waals surface area contributed by atoms with Gasteiger partial charge in [0.15, 0.2) is 11.6 Å². The molecule has 0 heterocycles. The molecule has 100 valence electrons. The molecule has 0 aliphatic carbocycles. The number of nitrogens with two attached hydrogens (primary N) is 1. The maximum atomic E-state index is 13.8. The molecule has 4 heteroatoms. The van der Waals surface area contributed by atoms with Crippen molar-refractivity contribution in [3.8, 4) is 17.2 Å². The number of rotatable bonds is 3. The Morgan fingerprint density at radius 2 is 1.74 bits per heavy atom. The standard InChI is InChI=1S/C15H16FNO2/c1-9-4-5-10(2)13(6-9)19-14-8-15(18-3)12(17)7-11(14)16/h4-8H,17H2,1-3H3. The number of ether oxygens (including phenoxy) is 2. The summed E-state index contributed by atoms with van der Waals surface area (Å²) in [6.07, 6.45) is 0. The minimum atomic E-state index is -0.515. The molecule has 0 saturated carbocycles. The third-order valence-electron chi connectivity index (χ3n) is 2.85. The van der Waals surface area contributed by atoms with E-state index in [1.165, 1.54) is 19.2 Å². The average molecular weight is 261 g/mol. The Balaban J connectivity index is 2.40. The van der Waals surface area contributed by atoms with Gasteiger partial charge >= 0.3 is 0 Å².